The Morgan fingerprint density at radius 2 is 1.34 bits per heavy atom. The lowest BCUT2D eigenvalue weighted by Gasteiger charge is -2.28. The fraction of sp³-hybridized carbons (Fsp3) is 0.630. The molecule has 0 radical (unpaired) electrons. The van der Waals surface area contributed by atoms with Gasteiger partial charge in [0, 0.05) is 24.5 Å². The Morgan fingerprint density at radius 3 is 1.86 bits per heavy atom. The van der Waals surface area contributed by atoms with Gasteiger partial charge in [-0.15, -0.1) is 0 Å². The Kier molecular flexibility index (Phi) is 8.86. The van der Waals surface area contributed by atoms with Crippen LogP contribution in [0, 0.1) is 11.8 Å². The van der Waals surface area contributed by atoms with Crippen molar-refractivity contribution in [3.8, 4) is 0 Å². The Labute approximate surface area is 180 Å². The van der Waals surface area contributed by atoms with Crippen LogP contribution in [0.1, 0.15) is 97.6 Å². The molecule has 1 aliphatic rings. The average molecular weight is 397 g/mol. The lowest BCUT2D eigenvalue weighted by Crippen LogP contribution is -2.25. The molecule has 0 aromatic heterocycles. The van der Waals surface area contributed by atoms with Crippen molar-refractivity contribution in [3.05, 3.63) is 52.2 Å². The maximum atomic E-state index is 3.82. The van der Waals surface area contributed by atoms with Gasteiger partial charge in [0.05, 0.1) is 0 Å². The normalized spacial score (nSPS) is 15.0. The minimum Gasteiger partial charge on any atom is -0.385 e. The van der Waals surface area contributed by atoms with Gasteiger partial charge in [0.25, 0.3) is 0 Å². The number of benzene rings is 1. The van der Waals surface area contributed by atoms with Gasteiger partial charge in [0.15, 0.2) is 0 Å². The molecule has 2 heteroatoms. The van der Waals surface area contributed by atoms with Gasteiger partial charge in [-0.25, -0.2) is 0 Å². The van der Waals surface area contributed by atoms with Gasteiger partial charge in [-0.1, -0.05) is 79.7 Å². The van der Waals surface area contributed by atoms with Crippen LogP contribution >= 0.6 is 0 Å². The summed E-state index contributed by atoms with van der Waals surface area (Å²) in [6, 6.07) is 6.76. The van der Waals surface area contributed by atoms with E-state index in [2.05, 4.69) is 90.3 Å². The number of para-hydroxylation sites is 1. The van der Waals surface area contributed by atoms with Crippen molar-refractivity contribution in [2.75, 3.05) is 18.4 Å². The Hall–Kier alpha value is -1.70. The lowest BCUT2D eigenvalue weighted by atomic mass is 9.84. The number of hydrogen-bond acceptors (Lipinski definition) is 2. The van der Waals surface area contributed by atoms with Gasteiger partial charge in [-0.2, -0.15) is 0 Å². The highest BCUT2D eigenvalue weighted by molar-refractivity contribution is 5.60. The first-order chi connectivity index (χ1) is 13.7. The summed E-state index contributed by atoms with van der Waals surface area (Å²) in [6.07, 6.45) is 5.96. The third-order valence-corrected chi connectivity index (χ3v) is 6.04. The smallest absolute Gasteiger partial charge is 0.0410 e. The van der Waals surface area contributed by atoms with Crippen LogP contribution in [0.4, 0.5) is 5.69 Å². The molecule has 0 heterocycles. The van der Waals surface area contributed by atoms with Crippen molar-refractivity contribution in [1.29, 1.82) is 0 Å². The predicted octanol–water partition coefficient (Wildman–Crippen LogP) is 7.61. The first-order valence-corrected chi connectivity index (χ1v) is 11.8. The van der Waals surface area contributed by atoms with Gasteiger partial charge in [0.1, 0.15) is 0 Å². The third-order valence-electron chi connectivity index (χ3n) is 6.04. The Bertz CT molecular complexity index is 694. The van der Waals surface area contributed by atoms with Crippen LogP contribution in [0.2, 0.25) is 0 Å². The molecular formula is C27H44N2. The molecule has 2 nitrogen and oxygen atoms in total. The molecular weight excluding hydrogens is 352 g/mol. The van der Waals surface area contributed by atoms with E-state index in [9.17, 15) is 0 Å². The standard InChI is InChI=1S/C27H44N2/c1-18(2)22-12-9-13-23(19(3)4)26(22)28-16-11-17-29-27-24(20(5)6)14-10-15-25(27)21(7)8/h9,12-14,18-21,28-29H,10-11,15-17H2,1-8H3. The summed E-state index contributed by atoms with van der Waals surface area (Å²) in [7, 11) is 0. The highest BCUT2D eigenvalue weighted by Crippen LogP contribution is 2.33. The molecule has 2 rings (SSSR count). The van der Waals surface area contributed by atoms with Gasteiger partial charge < -0.3 is 10.6 Å². The molecule has 0 fully saturated rings. The van der Waals surface area contributed by atoms with Gasteiger partial charge in [-0.3, -0.25) is 0 Å². The summed E-state index contributed by atoms with van der Waals surface area (Å²) in [5.41, 5.74) is 8.79. The van der Waals surface area contributed by atoms with Gasteiger partial charge >= 0.3 is 0 Å². The molecule has 1 aromatic carbocycles. The highest BCUT2D eigenvalue weighted by Gasteiger charge is 2.20. The van der Waals surface area contributed by atoms with Crippen molar-refractivity contribution in [2.45, 2.75) is 86.5 Å². The second-order valence-electron chi connectivity index (χ2n) is 9.74. The van der Waals surface area contributed by atoms with Crippen molar-refractivity contribution >= 4 is 5.69 Å². The minimum atomic E-state index is 0.536. The number of rotatable bonds is 10. The van der Waals surface area contributed by atoms with E-state index in [4.69, 9.17) is 0 Å². The zero-order chi connectivity index (χ0) is 21.6. The van der Waals surface area contributed by atoms with E-state index in [0.717, 1.165) is 19.5 Å². The monoisotopic (exact) mass is 396 g/mol. The fourth-order valence-corrected chi connectivity index (χ4v) is 4.38. The summed E-state index contributed by atoms with van der Waals surface area (Å²) < 4.78 is 0. The first-order valence-electron chi connectivity index (χ1n) is 11.8. The first kappa shape index (κ1) is 23.6. The van der Waals surface area contributed by atoms with E-state index in [-0.39, 0.29) is 0 Å². The summed E-state index contributed by atoms with van der Waals surface area (Å²) in [5, 5.41) is 7.60. The molecule has 0 saturated heterocycles. The van der Waals surface area contributed by atoms with Crippen molar-refractivity contribution < 1.29 is 0 Å². The minimum absolute atomic E-state index is 0.536. The number of hydrogen-bond donors (Lipinski definition) is 2. The maximum absolute atomic E-state index is 3.82. The second kappa shape index (κ2) is 10.9. The summed E-state index contributed by atoms with van der Waals surface area (Å²) >= 11 is 0. The summed E-state index contributed by atoms with van der Waals surface area (Å²) in [6.45, 7) is 20.5. The van der Waals surface area contributed by atoms with E-state index >= 15 is 0 Å². The van der Waals surface area contributed by atoms with E-state index in [1.807, 2.05) is 0 Å². The van der Waals surface area contributed by atoms with Crippen molar-refractivity contribution in [3.63, 3.8) is 0 Å². The lowest BCUT2D eigenvalue weighted by molar-refractivity contribution is 0.623. The molecule has 29 heavy (non-hydrogen) atoms. The van der Waals surface area contributed by atoms with Crippen LogP contribution in [-0.2, 0) is 0 Å². The molecule has 0 unspecified atom stereocenters. The fourth-order valence-electron chi connectivity index (χ4n) is 4.38. The summed E-state index contributed by atoms with van der Waals surface area (Å²) in [5.74, 6) is 2.27. The van der Waals surface area contributed by atoms with Gasteiger partial charge in [-0.05, 0) is 65.2 Å². The highest BCUT2D eigenvalue weighted by atomic mass is 14.9. The number of anilines is 1. The Balaban J connectivity index is 2.02. The van der Waals surface area contributed by atoms with E-state index < -0.39 is 0 Å². The molecule has 0 bridgehead atoms. The molecule has 162 valence electrons. The average Bonchev–Trinajstić information content (AvgIpc) is 2.66. The van der Waals surface area contributed by atoms with Gasteiger partial charge in [0.2, 0.25) is 0 Å². The number of allylic oxidation sites excluding steroid dienone is 3. The van der Waals surface area contributed by atoms with Crippen LogP contribution in [0.15, 0.2) is 41.1 Å². The molecule has 0 aliphatic heterocycles. The van der Waals surface area contributed by atoms with Crippen LogP contribution < -0.4 is 10.6 Å². The molecule has 0 atom stereocenters. The van der Waals surface area contributed by atoms with E-state index in [1.54, 1.807) is 5.57 Å². The molecule has 1 aliphatic carbocycles. The van der Waals surface area contributed by atoms with Crippen molar-refractivity contribution in [1.82, 2.24) is 5.32 Å². The molecule has 1 aromatic rings. The third kappa shape index (κ3) is 6.14. The largest absolute Gasteiger partial charge is 0.385 e. The SMILES string of the molecule is CC(C)C1=CCCC(C(C)C)=C1NCCCNc1c(C(C)C)cccc1C(C)C. The Morgan fingerprint density at radius 1 is 0.759 bits per heavy atom. The molecule has 2 N–H and O–H groups in total. The van der Waals surface area contributed by atoms with E-state index in [1.165, 1.54) is 40.9 Å². The molecule has 0 saturated carbocycles. The maximum Gasteiger partial charge on any atom is 0.0410 e. The van der Waals surface area contributed by atoms with Crippen LogP contribution in [0.25, 0.3) is 0 Å². The van der Waals surface area contributed by atoms with Crippen LogP contribution in [0.5, 0.6) is 0 Å². The second-order valence-corrected chi connectivity index (χ2v) is 9.74. The van der Waals surface area contributed by atoms with E-state index in [0.29, 0.717) is 23.7 Å². The quantitative estimate of drug-likeness (QED) is 0.398. The zero-order valence-electron chi connectivity index (χ0n) is 20.2. The topological polar surface area (TPSA) is 24.1 Å². The molecule has 0 amide bonds. The molecule has 0 spiro atoms. The summed E-state index contributed by atoms with van der Waals surface area (Å²) in [4.78, 5) is 0. The van der Waals surface area contributed by atoms with Crippen LogP contribution in [-0.4, -0.2) is 13.1 Å². The zero-order valence-corrected chi connectivity index (χ0v) is 20.2. The van der Waals surface area contributed by atoms with Crippen molar-refractivity contribution in [2.24, 2.45) is 11.8 Å². The predicted molar refractivity (Wildman–Crippen MR) is 130 cm³/mol. The number of nitrogens with one attached hydrogen (secondary N) is 2. The van der Waals surface area contributed by atoms with Crippen LogP contribution in [0.3, 0.4) is 0 Å².